The van der Waals surface area contributed by atoms with Crippen molar-refractivity contribution in [3.8, 4) is 0 Å². The number of rotatable bonds is 7. The summed E-state index contributed by atoms with van der Waals surface area (Å²) in [4.78, 5) is 18.9. The Morgan fingerprint density at radius 3 is 2.33 bits per heavy atom. The number of aromatic nitrogens is 1. The molecule has 0 aliphatic carbocycles. The molecule has 0 bridgehead atoms. The second-order valence-corrected chi connectivity index (χ2v) is 9.57. The van der Waals surface area contributed by atoms with Crippen molar-refractivity contribution in [3.05, 3.63) is 59.9 Å². The second-order valence-electron chi connectivity index (χ2n) is 7.63. The summed E-state index contributed by atoms with van der Waals surface area (Å²) in [6, 6.07) is 11.0. The molecule has 8 heteroatoms. The van der Waals surface area contributed by atoms with E-state index in [1.54, 1.807) is 18.3 Å². The highest BCUT2D eigenvalue weighted by Gasteiger charge is 2.32. The third-order valence-electron chi connectivity index (χ3n) is 5.72. The summed E-state index contributed by atoms with van der Waals surface area (Å²) in [5.41, 5.74) is 2.34. The van der Waals surface area contributed by atoms with Gasteiger partial charge in [-0.1, -0.05) is 31.2 Å². The van der Waals surface area contributed by atoms with Crippen LogP contribution in [0.5, 0.6) is 0 Å². The fourth-order valence-corrected chi connectivity index (χ4v) is 4.99. The molecule has 0 saturated carbocycles. The molecule has 2 heterocycles. The zero-order valence-corrected chi connectivity index (χ0v) is 18.6. The molecular formula is C22H30N4O3S. The molecule has 1 saturated heterocycles. The Balaban J connectivity index is 1.55. The number of hydrogen-bond acceptors (Lipinski definition) is 5. The number of carbonyl (C=O) groups is 1. The van der Waals surface area contributed by atoms with Crippen LogP contribution >= 0.6 is 0 Å². The summed E-state index contributed by atoms with van der Waals surface area (Å²) >= 11 is 0. The summed E-state index contributed by atoms with van der Waals surface area (Å²) in [6.07, 6.45) is 3.91. The largest absolute Gasteiger partial charge is 0.348 e. The Hall–Kier alpha value is -2.29. The molecule has 3 rings (SSSR count). The van der Waals surface area contributed by atoms with E-state index in [-0.39, 0.29) is 22.9 Å². The molecule has 1 aromatic carbocycles. The van der Waals surface area contributed by atoms with E-state index in [0.717, 1.165) is 12.0 Å². The lowest BCUT2D eigenvalue weighted by molar-refractivity contribution is -0.127. The number of hydrogen-bond donors (Lipinski definition) is 1. The topological polar surface area (TPSA) is 82.6 Å². The van der Waals surface area contributed by atoms with E-state index in [2.05, 4.69) is 41.5 Å². The van der Waals surface area contributed by atoms with Gasteiger partial charge in [-0.2, -0.15) is 4.31 Å². The maximum Gasteiger partial charge on any atom is 0.244 e. The highest BCUT2D eigenvalue weighted by atomic mass is 32.2. The van der Waals surface area contributed by atoms with Gasteiger partial charge in [-0.05, 0) is 43.5 Å². The Labute approximate surface area is 179 Å². The highest BCUT2D eigenvalue weighted by molar-refractivity contribution is 7.89. The fraction of sp³-hybridized carbons (Fsp3) is 0.455. The lowest BCUT2D eigenvalue weighted by atomic mass is 10.0. The van der Waals surface area contributed by atoms with Crippen LogP contribution in [0.15, 0.2) is 53.7 Å². The molecule has 0 spiro atoms. The van der Waals surface area contributed by atoms with Crippen LogP contribution in [-0.2, 0) is 21.2 Å². The standard InChI is InChI=1S/C22H30N4O3S/c1-4-19-7-9-20(10-8-19)17(2)24-22(27)18(3)25-12-14-26(15-13-25)30(28,29)21-6-5-11-23-16-21/h5-11,16-18H,4,12-15H2,1-3H3,(H,24,27). The highest BCUT2D eigenvalue weighted by Crippen LogP contribution is 2.18. The first kappa shape index (κ1) is 22.4. The number of pyridine rings is 1. The Morgan fingerprint density at radius 1 is 1.10 bits per heavy atom. The lowest BCUT2D eigenvalue weighted by Crippen LogP contribution is -2.55. The smallest absolute Gasteiger partial charge is 0.244 e. The molecule has 1 N–H and O–H groups in total. The van der Waals surface area contributed by atoms with Crippen molar-refractivity contribution < 1.29 is 13.2 Å². The molecule has 1 amide bonds. The molecule has 1 aliphatic heterocycles. The Kier molecular flexibility index (Phi) is 7.23. The summed E-state index contributed by atoms with van der Waals surface area (Å²) in [5.74, 6) is -0.0503. The molecule has 1 fully saturated rings. The number of aryl methyl sites for hydroxylation is 1. The number of sulfonamides is 1. The molecule has 1 aromatic heterocycles. The zero-order valence-electron chi connectivity index (χ0n) is 17.8. The first-order chi connectivity index (χ1) is 14.3. The van der Waals surface area contributed by atoms with Crippen LogP contribution in [0, 0.1) is 0 Å². The first-order valence-corrected chi connectivity index (χ1v) is 11.8. The molecule has 2 atom stereocenters. The van der Waals surface area contributed by atoms with Gasteiger partial charge in [0.1, 0.15) is 4.90 Å². The van der Waals surface area contributed by atoms with Gasteiger partial charge in [0, 0.05) is 38.6 Å². The van der Waals surface area contributed by atoms with Crippen molar-refractivity contribution in [1.82, 2.24) is 19.5 Å². The monoisotopic (exact) mass is 430 g/mol. The van der Waals surface area contributed by atoms with E-state index < -0.39 is 10.0 Å². The number of benzene rings is 1. The SMILES string of the molecule is CCc1ccc(C(C)NC(=O)C(C)N2CCN(S(=O)(=O)c3cccnc3)CC2)cc1. The minimum atomic E-state index is -3.55. The van der Waals surface area contributed by atoms with E-state index in [1.165, 1.54) is 16.1 Å². The predicted molar refractivity (Wildman–Crippen MR) is 116 cm³/mol. The number of nitrogens with one attached hydrogen (secondary N) is 1. The molecule has 0 radical (unpaired) electrons. The number of piperazine rings is 1. The fourth-order valence-electron chi connectivity index (χ4n) is 3.61. The number of amides is 1. The summed E-state index contributed by atoms with van der Waals surface area (Å²) in [5, 5.41) is 3.08. The van der Waals surface area contributed by atoms with Gasteiger partial charge in [-0.3, -0.25) is 14.7 Å². The second kappa shape index (κ2) is 9.68. The van der Waals surface area contributed by atoms with Gasteiger partial charge < -0.3 is 5.32 Å². The Morgan fingerprint density at radius 2 is 1.77 bits per heavy atom. The summed E-state index contributed by atoms with van der Waals surface area (Å²) in [6.45, 7) is 7.67. The molecule has 7 nitrogen and oxygen atoms in total. The van der Waals surface area contributed by atoms with Gasteiger partial charge in [0.25, 0.3) is 0 Å². The summed E-state index contributed by atoms with van der Waals surface area (Å²) in [7, 11) is -3.55. The van der Waals surface area contributed by atoms with Crippen molar-refractivity contribution >= 4 is 15.9 Å². The minimum absolute atomic E-state index is 0.0503. The predicted octanol–water partition coefficient (Wildman–Crippen LogP) is 2.22. The molecule has 162 valence electrons. The van der Waals surface area contributed by atoms with E-state index >= 15 is 0 Å². The van der Waals surface area contributed by atoms with Gasteiger partial charge in [0.05, 0.1) is 12.1 Å². The van der Waals surface area contributed by atoms with Crippen LogP contribution in [0.2, 0.25) is 0 Å². The Bertz CT molecular complexity index is 940. The quantitative estimate of drug-likeness (QED) is 0.728. The molecule has 2 unspecified atom stereocenters. The van der Waals surface area contributed by atoms with Gasteiger partial charge in [-0.25, -0.2) is 8.42 Å². The first-order valence-electron chi connectivity index (χ1n) is 10.4. The van der Waals surface area contributed by atoms with Gasteiger partial charge in [0.2, 0.25) is 15.9 Å². The maximum atomic E-state index is 12.8. The number of carbonyl (C=O) groups excluding carboxylic acids is 1. The van der Waals surface area contributed by atoms with Gasteiger partial charge in [0.15, 0.2) is 0 Å². The number of nitrogens with zero attached hydrogens (tertiary/aromatic N) is 3. The molecular weight excluding hydrogens is 400 g/mol. The zero-order chi connectivity index (χ0) is 21.7. The van der Waals surface area contributed by atoms with Crippen LogP contribution < -0.4 is 5.32 Å². The van der Waals surface area contributed by atoms with Gasteiger partial charge in [-0.15, -0.1) is 0 Å². The maximum absolute atomic E-state index is 12.8. The van der Waals surface area contributed by atoms with Crippen LogP contribution in [-0.4, -0.2) is 60.7 Å². The van der Waals surface area contributed by atoms with Crippen molar-refractivity contribution in [3.63, 3.8) is 0 Å². The lowest BCUT2D eigenvalue weighted by Gasteiger charge is -2.37. The van der Waals surface area contributed by atoms with E-state index in [0.29, 0.717) is 26.2 Å². The van der Waals surface area contributed by atoms with Crippen molar-refractivity contribution in [2.45, 2.75) is 44.2 Å². The van der Waals surface area contributed by atoms with Crippen LogP contribution in [0.3, 0.4) is 0 Å². The van der Waals surface area contributed by atoms with Crippen LogP contribution in [0.25, 0.3) is 0 Å². The molecule has 2 aromatic rings. The summed E-state index contributed by atoms with van der Waals surface area (Å²) < 4.78 is 26.9. The molecule has 1 aliphatic rings. The van der Waals surface area contributed by atoms with E-state index in [1.807, 2.05) is 18.7 Å². The molecule has 30 heavy (non-hydrogen) atoms. The normalized spacial score (nSPS) is 18.0. The van der Waals surface area contributed by atoms with E-state index in [4.69, 9.17) is 0 Å². The van der Waals surface area contributed by atoms with Crippen LogP contribution in [0.4, 0.5) is 0 Å². The third kappa shape index (κ3) is 5.06. The average molecular weight is 431 g/mol. The van der Waals surface area contributed by atoms with Crippen molar-refractivity contribution in [2.75, 3.05) is 26.2 Å². The average Bonchev–Trinajstić information content (AvgIpc) is 2.79. The van der Waals surface area contributed by atoms with Crippen molar-refractivity contribution in [2.24, 2.45) is 0 Å². The van der Waals surface area contributed by atoms with Crippen LogP contribution in [0.1, 0.15) is 37.9 Å². The van der Waals surface area contributed by atoms with E-state index in [9.17, 15) is 13.2 Å². The third-order valence-corrected chi connectivity index (χ3v) is 7.60. The minimum Gasteiger partial charge on any atom is -0.348 e. The van der Waals surface area contributed by atoms with Crippen molar-refractivity contribution in [1.29, 1.82) is 0 Å². The van der Waals surface area contributed by atoms with Gasteiger partial charge >= 0.3 is 0 Å².